The first-order chi connectivity index (χ1) is 8.25. The van der Waals surface area contributed by atoms with Gasteiger partial charge in [-0.1, -0.05) is 6.92 Å². The van der Waals surface area contributed by atoms with Crippen LogP contribution in [0.5, 0.6) is 0 Å². The van der Waals surface area contributed by atoms with E-state index in [1.165, 1.54) is 0 Å². The molecule has 8 heteroatoms. The molecule has 1 rings (SSSR count). The SMILES string of the molecule is CC[C@H](N)C(=O)Nc1ccc(F)c(C(F)(F)F)c1.Cl. The Hall–Kier alpha value is -1.34. The van der Waals surface area contributed by atoms with Gasteiger partial charge in [0.15, 0.2) is 0 Å². The summed E-state index contributed by atoms with van der Waals surface area (Å²) in [7, 11) is 0. The molecule has 0 fully saturated rings. The Morgan fingerprint density at radius 3 is 2.47 bits per heavy atom. The van der Waals surface area contributed by atoms with Crippen molar-refractivity contribution in [1.82, 2.24) is 0 Å². The lowest BCUT2D eigenvalue weighted by Gasteiger charge is -2.13. The van der Waals surface area contributed by atoms with Crippen molar-refractivity contribution >= 4 is 24.0 Å². The number of halogens is 5. The summed E-state index contributed by atoms with van der Waals surface area (Å²) >= 11 is 0. The molecule has 0 heterocycles. The first-order valence-corrected chi connectivity index (χ1v) is 5.19. The van der Waals surface area contributed by atoms with Crippen LogP contribution in [0.25, 0.3) is 0 Å². The monoisotopic (exact) mass is 300 g/mol. The quantitative estimate of drug-likeness (QED) is 0.843. The smallest absolute Gasteiger partial charge is 0.325 e. The Kier molecular flexibility index (Phi) is 6.24. The van der Waals surface area contributed by atoms with Crippen LogP contribution in [0.1, 0.15) is 18.9 Å². The highest BCUT2D eigenvalue weighted by molar-refractivity contribution is 5.94. The maximum atomic E-state index is 13.0. The number of hydrogen-bond acceptors (Lipinski definition) is 2. The number of alkyl halides is 3. The number of carbonyl (C=O) groups excluding carboxylic acids is 1. The molecular weight excluding hydrogens is 288 g/mol. The Labute approximate surface area is 113 Å². The fourth-order valence-corrected chi connectivity index (χ4v) is 1.24. The maximum absolute atomic E-state index is 13.0. The number of nitrogens with one attached hydrogen (secondary N) is 1. The molecule has 1 amide bonds. The van der Waals surface area contributed by atoms with Gasteiger partial charge in [0.1, 0.15) is 5.82 Å². The van der Waals surface area contributed by atoms with Gasteiger partial charge in [0.2, 0.25) is 5.91 Å². The topological polar surface area (TPSA) is 55.1 Å². The molecule has 1 aromatic rings. The van der Waals surface area contributed by atoms with Crippen molar-refractivity contribution in [3.05, 3.63) is 29.6 Å². The first-order valence-electron chi connectivity index (χ1n) is 5.19. The van der Waals surface area contributed by atoms with E-state index in [-0.39, 0.29) is 18.1 Å². The molecule has 0 unspecified atom stereocenters. The molecule has 3 nitrogen and oxygen atoms in total. The number of rotatable bonds is 3. The summed E-state index contributed by atoms with van der Waals surface area (Å²) in [6, 6.07) is 1.42. The van der Waals surface area contributed by atoms with Gasteiger partial charge in [-0.2, -0.15) is 13.2 Å². The van der Waals surface area contributed by atoms with E-state index in [0.29, 0.717) is 18.6 Å². The molecule has 0 saturated heterocycles. The molecule has 0 spiro atoms. The third-order valence-corrected chi connectivity index (χ3v) is 2.32. The summed E-state index contributed by atoms with van der Waals surface area (Å²) in [5, 5.41) is 2.20. The lowest BCUT2D eigenvalue weighted by Crippen LogP contribution is -2.34. The van der Waals surface area contributed by atoms with Crippen LogP contribution in [0.4, 0.5) is 23.2 Å². The highest BCUT2D eigenvalue weighted by atomic mass is 35.5. The first kappa shape index (κ1) is 17.7. The molecule has 0 aliphatic carbocycles. The largest absolute Gasteiger partial charge is 0.419 e. The van der Waals surface area contributed by atoms with E-state index in [0.717, 1.165) is 6.07 Å². The third kappa shape index (κ3) is 4.68. The highest BCUT2D eigenvalue weighted by Crippen LogP contribution is 2.32. The van der Waals surface area contributed by atoms with Gasteiger partial charge in [-0.05, 0) is 24.6 Å². The second kappa shape index (κ2) is 6.72. The van der Waals surface area contributed by atoms with E-state index in [9.17, 15) is 22.4 Å². The standard InChI is InChI=1S/C11H12F4N2O.ClH/c1-2-9(16)10(18)17-6-3-4-8(12)7(5-6)11(13,14)15;/h3-5,9H,2,16H2,1H3,(H,17,18);1H/t9-;/m0./s1. The molecule has 0 aliphatic rings. The van der Waals surface area contributed by atoms with E-state index in [2.05, 4.69) is 5.32 Å². The highest BCUT2D eigenvalue weighted by Gasteiger charge is 2.34. The minimum absolute atomic E-state index is 0. The zero-order chi connectivity index (χ0) is 13.9. The number of nitrogens with two attached hydrogens (primary N) is 1. The van der Waals surface area contributed by atoms with Crippen LogP contribution in [-0.4, -0.2) is 11.9 Å². The van der Waals surface area contributed by atoms with E-state index in [4.69, 9.17) is 5.73 Å². The summed E-state index contributed by atoms with van der Waals surface area (Å²) in [6.07, 6.45) is -4.46. The Balaban J connectivity index is 0.00000324. The van der Waals surface area contributed by atoms with Gasteiger partial charge in [0.05, 0.1) is 11.6 Å². The minimum atomic E-state index is -4.81. The van der Waals surface area contributed by atoms with Gasteiger partial charge < -0.3 is 11.1 Å². The zero-order valence-electron chi connectivity index (χ0n) is 9.92. The van der Waals surface area contributed by atoms with Gasteiger partial charge in [-0.3, -0.25) is 4.79 Å². The molecule has 19 heavy (non-hydrogen) atoms. The van der Waals surface area contributed by atoms with Crippen LogP contribution < -0.4 is 11.1 Å². The molecule has 3 N–H and O–H groups in total. The summed E-state index contributed by atoms with van der Waals surface area (Å²) in [5.74, 6) is -2.00. The molecular formula is C11H13ClF4N2O. The fourth-order valence-electron chi connectivity index (χ4n) is 1.24. The molecule has 1 aromatic carbocycles. The summed E-state index contributed by atoms with van der Waals surface area (Å²) in [5.41, 5.74) is 3.84. The van der Waals surface area contributed by atoms with Gasteiger partial charge in [-0.15, -0.1) is 12.4 Å². The van der Waals surface area contributed by atoms with Gasteiger partial charge in [0, 0.05) is 5.69 Å². The Morgan fingerprint density at radius 2 is 2.00 bits per heavy atom. The van der Waals surface area contributed by atoms with Crippen molar-refractivity contribution in [3.8, 4) is 0 Å². The Morgan fingerprint density at radius 1 is 1.42 bits per heavy atom. The van der Waals surface area contributed by atoms with E-state index < -0.39 is 29.5 Å². The second-order valence-electron chi connectivity index (χ2n) is 3.70. The number of amides is 1. The number of anilines is 1. The normalized spacial score (nSPS) is 12.5. The Bertz CT molecular complexity index is 451. The molecule has 0 bridgehead atoms. The van der Waals surface area contributed by atoms with Crippen LogP contribution in [0, 0.1) is 5.82 Å². The van der Waals surface area contributed by atoms with Gasteiger partial charge in [-0.25, -0.2) is 4.39 Å². The molecule has 108 valence electrons. The van der Waals surface area contributed by atoms with Crippen LogP contribution in [0.15, 0.2) is 18.2 Å². The van der Waals surface area contributed by atoms with Crippen molar-refractivity contribution in [2.45, 2.75) is 25.6 Å². The summed E-state index contributed by atoms with van der Waals surface area (Å²) in [6.45, 7) is 1.66. The van der Waals surface area contributed by atoms with Gasteiger partial charge in [0.25, 0.3) is 0 Å². The second-order valence-corrected chi connectivity index (χ2v) is 3.70. The summed E-state index contributed by atoms with van der Waals surface area (Å²) in [4.78, 5) is 11.4. The summed E-state index contributed by atoms with van der Waals surface area (Å²) < 4.78 is 50.2. The molecule has 0 aromatic heterocycles. The maximum Gasteiger partial charge on any atom is 0.419 e. The van der Waals surface area contributed by atoms with E-state index >= 15 is 0 Å². The number of carbonyl (C=O) groups is 1. The van der Waals surface area contributed by atoms with Crippen LogP contribution in [0.2, 0.25) is 0 Å². The van der Waals surface area contributed by atoms with Crippen molar-refractivity contribution in [3.63, 3.8) is 0 Å². The van der Waals surface area contributed by atoms with Gasteiger partial charge >= 0.3 is 6.18 Å². The van der Waals surface area contributed by atoms with E-state index in [1.807, 2.05) is 0 Å². The average molecular weight is 301 g/mol. The molecule has 0 radical (unpaired) electrons. The molecule has 0 aliphatic heterocycles. The zero-order valence-corrected chi connectivity index (χ0v) is 10.7. The predicted octanol–water partition coefficient (Wildman–Crippen LogP) is 2.94. The van der Waals surface area contributed by atoms with E-state index in [1.54, 1.807) is 6.92 Å². The molecule has 0 saturated carbocycles. The van der Waals surface area contributed by atoms with Crippen molar-refractivity contribution in [1.29, 1.82) is 0 Å². The number of benzene rings is 1. The van der Waals surface area contributed by atoms with Crippen LogP contribution in [0.3, 0.4) is 0 Å². The van der Waals surface area contributed by atoms with Crippen LogP contribution in [-0.2, 0) is 11.0 Å². The van der Waals surface area contributed by atoms with Crippen LogP contribution >= 0.6 is 12.4 Å². The van der Waals surface area contributed by atoms with Crippen molar-refractivity contribution < 1.29 is 22.4 Å². The predicted molar refractivity (Wildman–Crippen MR) is 65.5 cm³/mol. The van der Waals surface area contributed by atoms with Crippen molar-refractivity contribution in [2.75, 3.05) is 5.32 Å². The molecule has 1 atom stereocenters. The average Bonchev–Trinajstić information content (AvgIpc) is 2.29. The fraction of sp³-hybridized carbons (Fsp3) is 0.364. The minimum Gasteiger partial charge on any atom is -0.325 e. The number of hydrogen-bond donors (Lipinski definition) is 2. The lowest BCUT2D eigenvalue weighted by molar-refractivity contribution is -0.140. The van der Waals surface area contributed by atoms with Crippen molar-refractivity contribution in [2.24, 2.45) is 5.73 Å². The lowest BCUT2D eigenvalue weighted by atomic mass is 10.1. The third-order valence-electron chi connectivity index (χ3n) is 2.32.